The Morgan fingerprint density at radius 1 is 0.980 bits per heavy atom. The fourth-order valence-electron chi connectivity index (χ4n) is 5.84. The third-order valence-corrected chi connectivity index (χ3v) is 8.55. The Hall–Kier alpha value is -3.10. The molecular weight excluding hydrogens is 654 g/mol. The van der Waals surface area contributed by atoms with Gasteiger partial charge in [0.25, 0.3) is 0 Å². The van der Waals surface area contributed by atoms with Gasteiger partial charge >= 0.3 is 0 Å². The highest BCUT2D eigenvalue weighted by atomic mass is 16.5. The van der Waals surface area contributed by atoms with Gasteiger partial charge in [0.1, 0.15) is 0 Å². The summed E-state index contributed by atoms with van der Waals surface area (Å²) in [5.41, 5.74) is 1.32. The fraction of sp³-hybridized carbons (Fsp3) is 0.737. The second-order valence-electron chi connectivity index (χ2n) is 13.0. The lowest BCUT2D eigenvalue weighted by Crippen LogP contribution is -2.54. The van der Waals surface area contributed by atoms with Gasteiger partial charge in [-0.3, -0.25) is 19.2 Å². The minimum absolute atomic E-state index is 0.0329. The molecule has 0 radical (unpaired) electrons. The number of methoxy groups -OCH3 is 2. The van der Waals surface area contributed by atoms with Gasteiger partial charge in [0.15, 0.2) is 0 Å². The van der Waals surface area contributed by atoms with E-state index < -0.39 is 18.1 Å². The normalized spacial score (nSPS) is 16.4. The lowest BCUT2D eigenvalue weighted by atomic mass is 9.90. The topological polar surface area (TPSA) is 161 Å². The van der Waals surface area contributed by atoms with Crippen LogP contribution in [0.4, 0.5) is 0 Å². The molecule has 13 nitrogen and oxygen atoms in total. The van der Waals surface area contributed by atoms with E-state index in [0.29, 0.717) is 13.0 Å². The number of carbonyl (C=O) groups is 4. The van der Waals surface area contributed by atoms with Crippen LogP contribution in [-0.2, 0) is 28.7 Å². The van der Waals surface area contributed by atoms with Gasteiger partial charge in [-0.1, -0.05) is 83.4 Å². The highest BCUT2D eigenvalue weighted by Gasteiger charge is 2.41. The Morgan fingerprint density at radius 2 is 1.57 bits per heavy atom. The van der Waals surface area contributed by atoms with Crippen molar-refractivity contribution in [1.29, 1.82) is 0 Å². The standard InChI is InChI=1S/C27H51N5O7.C7H8.C3H8.CH4O/c1-9-18(2)25(31(6)24(36)16-29-22(34)17-30(4)5)21(38-7)15-23(35)32-13-10-11-20(32)26(39-8)19(3)27(37)28-12-14-33;1-7-5-3-2-4-6-7;1-3-2;1-2/h18-21,25-26,33H,9-17H2,1-8H3,(H,28,37)(H,29,34);2-6H,1H3;3H2,1-2H3;2H,1H3. The first kappa shape index (κ1) is 50.0. The molecule has 6 atom stereocenters. The predicted molar refractivity (Wildman–Crippen MR) is 203 cm³/mol. The SMILES string of the molecule is CCC.CCC(C)C(C(CC(=O)N1CCCC1C(OC)C(C)C(=O)NCCO)OC)N(C)C(=O)CNC(=O)CN(C)C.CO.Cc1ccccc1. The first-order valence-corrected chi connectivity index (χ1v) is 18.1. The van der Waals surface area contributed by atoms with Crippen molar-refractivity contribution in [1.82, 2.24) is 25.3 Å². The molecule has 1 aliphatic rings. The van der Waals surface area contributed by atoms with Crippen LogP contribution < -0.4 is 10.6 Å². The molecule has 6 unspecified atom stereocenters. The Bertz CT molecular complexity index is 1080. The molecule has 1 saturated heterocycles. The Labute approximate surface area is 308 Å². The van der Waals surface area contributed by atoms with Crippen LogP contribution in [-0.4, -0.2) is 148 Å². The average Bonchev–Trinajstić information content (AvgIpc) is 3.60. The number of aliphatic hydroxyl groups excluding tert-OH is 2. The molecule has 0 bridgehead atoms. The summed E-state index contributed by atoms with van der Waals surface area (Å²) in [6.45, 7) is 12.7. The maximum atomic E-state index is 13.6. The van der Waals surface area contributed by atoms with Gasteiger partial charge in [0, 0.05) is 41.5 Å². The smallest absolute Gasteiger partial charge is 0.242 e. The van der Waals surface area contributed by atoms with Crippen molar-refractivity contribution < 1.29 is 38.9 Å². The third-order valence-electron chi connectivity index (χ3n) is 8.55. The van der Waals surface area contributed by atoms with E-state index in [9.17, 15) is 19.2 Å². The number of hydrogen-bond acceptors (Lipinski definition) is 9. The molecule has 0 aromatic heterocycles. The second kappa shape index (κ2) is 29.5. The minimum atomic E-state index is -0.564. The zero-order valence-corrected chi connectivity index (χ0v) is 33.6. The molecule has 4 amide bonds. The van der Waals surface area contributed by atoms with Gasteiger partial charge in [-0.25, -0.2) is 0 Å². The van der Waals surface area contributed by atoms with Crippen molar-refractivity contribution in [3.8, 4) is 0 Å². The summed E-state index contributed by atoms with van der Waals surface area (Å²) in [4.78, 5) is 56.3. The van der Waals surface area contributed by atoms with Crippen LogP contribution in [0.25, 0.3) is 0 Å². The van der Waals surface area contributed by atoms with E-state index in [1.807, 2.05) is 32.0 Å². The monoisotopic (exact) mass is 726 g/mol. The van der Waals surface area contributed by atoms with Gasteiger partial charge in [-0.05, 0) is 39.8 Å². The number of nitrogens with one attached hydrogen (secondary N) is 2. The first-order valence-electron chi connectivity index (χ1n) is 18.1. The summed E-state index contributed by atoms with van der Waals surface area (Å²) >= 11 is 0. The molecule has 13 heteroatoms. The third kappa shape index (κ3) is 19.4. The lowest BCUT2D eigenvalue weighted by Gasteiger charge is -2.39. The molecule has 1 aromatic rings. The number of aryl methyl sites for hydroxylation is 1. The summed E-state index contributed by atoms with van der Waals surface area (Å²) in [6, 6.07) is 9.60. The number of hydrogen-bond donors (Lipinski definition) is 4. The van der Waals surface area contributed by atoms with Crippen molar-refractivity contribution in [2.45, 2.75) is 97.9 Å². The molecular formula is C38H71N5O8. The van der Waals surface area contributed by atoms with Gasteiger partial charge in [0.05, 0.1) is 56.3 Å². The van der Waals surface area contributed by atoms with E-state index in [2.05, 4.69) is 43.5 Å². The predicted octanol–water partition coefficient (Wildman–Crippen LogP) is 2.71. The molecule has 0 saturated carbocycles. The molecule has 4 N–H and O–H groups in total. The summed E-state index contributed by atoms with van der Waals surface area (Å²) in [5.74, 6) is -1.35. The lowest BCUT2D eigenvalue weighted by molar-refractivity contribution is -0.145. The fourth-order valence-corrected chi connectivity index (χ4v) is 5.84. The van der Waals surface area contributed by atoms with Gasteiger partial charge in [-0.2, -0.15) is 0 Å². The van der Waals surface area contributed by atoms with E-state index in [-0.39, 0.29) is 74.3 Å². The number of ether oxygens (including phenoxy) is 2. The number of rotatable bonds is 17. The average molecular weight is 726 g/mol. The summed E-state index contributed by atoms with van der Waals surface area (Å²) in [6.07, 6.45) is 2.51. The Balaban J connectivity index is 0. The van der Waals surface area contributed by atoms with Crippen molar-refractivity contribution in [2.24, 2.45) is 11.8 Å². The van der Waals surface area contributed by atoms with Gasteiger partial charge in [0.2, 0.25) is 23.6 Å². The molecule has 1 heterocycles. The number of aliphatic hydroxyl groups is 2. The summed E-state index contributed by atoms with van der Waals surface area (Å²) < 4.78 is 11.5. The molecule has 0 aliphatic carbocycles. The quantitative estimate of drug-likeness (QED) is 0.189. The number of nitrogens with zero attached hydrogens (tertiary/aromatic N) is 3. The molecule has 1 aliphatic heterocycles. The van der Waals surface area contributed by atoms with E-state index in [4.69, 9.17) is 19.7 Å². The van der Waals surface area contributed by atoms with Gasteiger partial charge in [-0.15, -0.1) is 0 Å². The maximum Gasteiger partial charge on any atom is 0.242 e. The van der Waals surface area contributed by atoms with Crippen molar-refractivity contribution in [3.05, 3.63) is 35.9 Å². The van der Waals surface area contributed by atoms with E-state index in [1.54, 1.807) is 42.8 Å². The first-order chi connectivity index (χ1) is 24.2. The van der Waals surface area contributed by atoms with E-state index in [1.165, 1.54) is 26.2 Å². The van der Waals surface area contributed by atoms with Gasteiger partial charge < -0.3 is 45.0 Å². The molecule has 2 rings (SSSR count). The molecule has 1 aromatic carbocycles. The summed E-state index contributed by atoms with van der Waals surface area (Å²) in [5, 5.41) is 21.4. The van der Waals surface area contributed by atoms with Crippen molar-refractivity contribution >= 4 is 23.6 Å². The molecule has 296 valence electrons. The zero-order chi connectivity index (χ0) is 39.5. The Morgan fingerprint density at radius 3 is 2.02 bits per heavy atom. The van der Waals surface area contributed by atoms with Crippen LogP contribution in [0, 0.1) is 18.8 Å². The maximum absolute atomic E-state index is 13.6. The van der Waals surface area contributed by atoms with Crippen LogP contribution in [0.3, 0.4) is 0 Å². The largest absolute Gasteiger partial charge is 0.400 e. The number of likely N-dealkylation sites (tertiary alicyclic amines) is 1. The van der Waals surface area contributed by atoms with Crippen LogP contribution in [0.15, 0.2) is 30.3 Å². The zero-order valence-electron chi connectivity index (χ0n) is 33.6. The van der Waals surface area contributed by atoms with Crippen LogP contribution >= 0.6 is 0 Å². The van der Waals surface area contributed by atoms with Crippen molar-refractivity contribution in [3.63, 3.8) is 0 Å². The highest BCUT2D eigenvalue weighted by molar-refractivity contribution is 5.86. The number of carbonyl (C=O) groups excluding carboxylic acids is 4. The molecule has 51 heavy (non-hydrogen) atoms. The number of benzene rings is 1. The van der Waals surface area contributed by atoms with E-state index in [0.717, 1.165) is 20.0 Å². The number of likely N-dealkylation sites (N-methyl/N-ethyl adjacent to an activating group) is 2. The van der Waals surface area contributed by atoms with Crippen molar-refractivity contribution in [2.75, 3.05) is 75.3 Å². The van der Waals surface area contributed by atoms with E-state index >= 15 is 0 Å². The number of amides is 4. The summed E-state index contributed by atoms with van der Waals surface area (Å²) in [7, 11) is 9.31. The van der Waals surface area contributed by atoms with Crippen LogP contribution in [0.1, 0.15) is 72.3 Å². The second-order valence-corrected chi connectivity index (χ2v) is 13.0. The Kier molecular flexibility index (Phi) is 28.9. The minimum Gasteiger partial charge on any atom is -0.400 e. The van der Waals surface area contributed by atoms with Crippen LogP contribution in [0.5, 0.6) is 0 Å². The molecule has 0 spiro atoms. The molecule has 1 fully saturated rings. The highest BCUT2D eigenvalue weighted by Crippen LogP contribution is 2.29. The van der Waals surface area contributed by atoms with Crippen LogP contribution in [0.2, 0.25) is 0 Å².